The van der Waals surface area contributed by atoms with E-state index in [4.69, 9.17) is 9.84 Å². The van der Waals surface area contributed by atoms with E-state index in [1.165, 1.54) is 34.2 Å². The first kappa shape index (κ1) is 25.9. The van der Waals surface area contributed by atoms with Crippen LogP contribution in [-0.4, -0.2) is 35.7 Å². The second-order valence-corrected chi connectivity index (χ2v) is 11.8. The predicted molar refractivity (Wildman–Crippen MR) is 144 cm³/mol. The molecule has 1 aliphatic heterocycles. The molecule has 0 spiro atoms. The number of carbonyl (C=O) groups is 1. The number of carboxylic acid groups (broad SMARTS) is 1. The summed E-state index contributed by atoms with van der Waals surface area (Å²) in [7, 11) is 6.02. The molecule has 3 aromatic rings. The van der Waals surface area contributed by atoms with Crippen LogP contribution < -0.4 is 10.1 Å². The molecule has 1 fully saturated rings. The Bertz CT molecular complexity index is 953. The number of ether oxygens (including phenoxy) is 1. The number of aliphatic carboxylic acids is 1. The predicted octanol–water partition coefficient (Wildman–Crippen LogP) is 6.39. The average molecular weight is 505 g/mol. The molecule has 0 bridgehead atoms. The number of hydrogen-bond donors (Lipinski definition) is 2. The Morgan fingerprint density at radius 2 is 2.00 bits per heavy atom. The molecule has 1 aromatic heterocycles. The highest BCUT2D eigenvalue weighted by atomic mass is 33.1. The lowest BCUT2D eigenvalue weighted by Crippen LogP contribution is -2.79. The highest BCUT2D eigenvalue weighted by molar-refractivity contribution is 8.77. The van der Waals surface area contributed by atoms with Crippen molar-refractivity contribution < 1.29 is 20.0 Å². The largest absolute Gasteiger partial charge is 0.484 e. The maximum atomic E-state index is 10.2. The molecule has 7 heteroatoms. The maximum absolute atomic E-state index is 10.2. The van der Waals surface area contributed by atoms with Gasteiger partial charge in [-0.1, -0.05) is 70.5 Å². The molecule has 1 saturated heterocycles. The molecule has 4 rings (SSSR count). The van der Waals surface area contributed by atoms with E-state index in [0.717, 1.165) is 36.8 Å². The van der Waals surface area contributed by atoms with Gasteiger partial charge in [-0.3, -0.25) is 4.79 Å². The van der Waals surface area contributed by atoms with Gasteiger partial charge in [-0.2, -0.15) is 0 Å². The summed E-state index contributed by atoms with van der Waals surface area (Å²) < 4.78 is 6.36. The van der Waals surface area contributed by atoms with Gasteiger partial charge >= 0.3 is 5.97 Å². The number of carboxylic acids is 1. The number of quaternary nitrogens is 1. The van der Waals surface area contributed by atoms with Crippen LogP contribution in [0.4, 0.5) is 0 Å². The molecule has 2 heterocycles. The van der Waals surface area contributed by atoms with Crippen molar-refractivity contribution in [2.75, 3.05) is 19.3 Å². The summed E-state index contributed by atoms with van der Waals surface area (Å²) in [5.74, 6) is 1.58. The van der Waals surface area contributed by atoms with Crippen molar-refractivity contribution in [2.45, 2.75) is 49.9 Å². The highest BCUT2D eigenvalue weighted by Crippen LogP contribution is 2.39. The van der Waals surface area contributed by atoms with Crippen LogP contribution in [0.2, 0.25) is 0 Å². The van der Waals surface area contributed by atoms with Gasteiger partial charge in [0, 0.05) is 34.1 Å². The summed E-state index contributed by atoms with van der Waals surface area (Å²) in [6.45, 7) is 1.06. The average Bonchev–Trinajstić information content (AvgIpc) is 3.55. The fourth-order valence-electron chi connectivity index (χ4n) is 3.72. The third-order valence-electron chi connectivity index (χ3n) is 5.49. The lowest BCUT2D eigenvalue weighted by atomic mass is 10.1. The van der Waals surface area contributed by atoms with Crippen molar-refractivity contribution in [3.05, 3.63) is 64.9 Å². The van der Waals surface area contributed by atoms with Gasteiger partial charge in [-0.15, -0.1) is 11.3 Å². The monoisotopic (exact) mass is 504 g/mol. The van der Waals surface area contributed by atoms with Crippen LogP contribution in [0.15, 0.2) is 60.0 Å². The van der Waals surface area contributed by atoms with Gasteiger partial charge in [0.15, 0.2) is 0 Å². The second-order valence-electron chi connectivity index (χ2n) is 8.05. The number of rotatable bonds is 11. The van der Waals surface area contributed by atoms with Gasteiger partial charge < -0.3 is 15.2 Å². The number of fused-ring (bicyclic) bond motifs is 1. The van der Waals surface area contributed by atoms with Gasteiger partial charge in [-0.25, -0.2) is 0 Å². The van der Waals surface area contributed by atoms with Gasteiger partial charge in [0.05, 0.1) is 13.6 Å². The summed E-state index contributed by atoms with van der Waals surface area (Å²) >= 11 is 1.77. The molecule has 3 N–H and O–H groups in total. The smallest absolute Gasteiger partial charge is 0.303 e. The first-order chi connectivity index (χ1) is 16.2. The summed E-state index contributed by atoms with van der Waals surface area (Å²) in [6, 6.07) is 18.9. The van der Waals surface area contributed by atoms with Crippen molar-refractivity contribution in [3.8, 4) is 5.75 Å². The van der Waals surface area contributed by atoms with E-state index in [0.29, 0.717) is 6.42 Å². The van der Waals surface area contributed by atoms with Crippen molar-refractivity contribution in [1.82, 2.24) is 0 Å². The molecule has 0 amide bonds. The lowest BCUT2D eigenvalue weighted by Gasteiger charge is -2.18. The molecule has 2 atom stereocenters. The zero-order chi connectivity index (χ0) is 23.3. The molecule has 0 radical (unpaired) electrons. The second kappa shape index (κ2) is 14.6. The van der Waals surface area contributed by atoms with E-state index in [1.807, 2.05) is 21.6 Å². The van der Waals surface area contributed by atoms with Gasteiger partial charge in [0.1, 0.15) is 11.9 Å². The van der Waals surface area contributed by atoms with Crippen LogP contribution in [0.5, 0.6) is 5.75 Å². The molecule has 178 valence electrons. The standard InChI is InChI=1S/C18H19NOS.C8H14O2S2/c1-19-12-11-17(18-10-5-13-21-18)20-16-9-4-7-14-6-2-3-8-15(14)16;9-8(10)4-2-1-3-7-5-6-11-12-7/h2-10,13,17,19H,11-12H2,1H3;7H,1-6H2,(H,9,10)/p+1/t17-;7-/m01/s1. The van der Waals surface area contributed by atoms with Crippen LogP contribution >= 0.6 is 32.9 Å². The number of benzene rings is 2. The molecule has 0 saturated carbocycles. The first-order valence-corrected chi connectivity index (χ1v) is 14.9. The Hall–Kier alpha value is -1.67. The van der Waals surface area contributed by atoms with E-state index in [1.54, 1.807) is 11.3 Å². The molecule has 4 nitrogen and oxygen atoms in total. The van der Waals surface area contributed by atoms with Crippen LogP contribution in [0.25, 0.3) is 10.8 Å². The molecular formula is C26H34NO3S3+. The summed E-state index contributed by atoms with van der Waals surface area (Å²) in [5.41, 5.74) is 0. The zero-order valence-electron chi connectivity index (χ0n) is 19.2. The SMILES string of the molecule is C[NH2+]CC[C@H](Oc1cccc2ccccc12)c1cccs1.O=C(O)CCCC[C@@H]1CCSS1. The number of nitrogens with two attached hydrogens (primary N) is 1. The topological polar surface area (TPSA) is 63.1 Å². The minimum atomic E-state index is -0.663. The molecule has 2 aromatic carbocycles. The van der Waals surface area contributed by atoms with E-state index < -0.39 is 5.97 Å². The Morgan fingerprint density at radius 1 is 1.15 bits per heavy atom. The summed E-state index contributed by atoms with van der Waals surface area (Å²) in [5, 5.41) is 15.9. The van der Waals surface area contributed by atoms with Crippen LogP contribution in [0, 0.1) is 0 Å². The Kier molecular flexibility index (Phi) is 11.4. The molecule has 0 unspecified atom stereocenters. The lowest BCUT2D eigenvalue weighted by molar-refractivity contribution is -0.628. The van der Waals surface area contributed by atoms with Crippen LogP contribution in [0.1, 0.15) is 49.5 Å². The third-order valence-corrected chi connectivity index (χ3v) is 9.46. The summed E-state index contributed by atoms with van der Waals surface area (Å²) in [6.07, 6.45) is 5.91. The van der Waals surface area contributed by atoms with Gasteiger partial charge in [-0.05, 0) is 42.2 Å². The number of hydrogen-bond acceptors (Lipinski definition) is 5. The quantitative estimate of drug-likeness (QED) is 0.234. The minimum absolute atomic E-state index is 0.131. The molecule has 33 heavy (non-hydrogen) atoms. The fourth-order valence-corrected chi connectivity index (χ4v) is 7.53. The molecular weight excluding hydrogens is 470 g/mol. The van der Waals surface area contributed by atoms with Crippen molar-refractivity contribution >= 4 is 49.7 Å². The number of thiophene rings is 1. The van der Waals surface area contributed by atoms with Gasteiger partial charge in [0.25, 0.3) is 0 Å². The Labute approximate surface area is 208 Å². The van der Waals surface area contributed by atoms with Crippen molar-refractivity contribution in [1.29, 1.82) is 0 Å². The first-order valence-electron chi connectivity index (χ1n) is 11.6. The minimum Gasteiger partial charge on any atom is -0.484 e. The van der Waals surface area contributed by atoms with E-state index in [9.17, 15) is 4.79 Å². The fraction of sp³-hybridized carbons (Fsp3) is 0.423. The van der Waals surface area contributed by atoms with Gasteiger partial charge in [0.2, 0.25) is 0 Å². The van der Waals surface area contributed by atoms with Crippen LogP contribution in [-0.2, 0) is 4.79 Å². The van der Waals surface area contributed by atoms with E-state index in [2.05, 4.69) is 72.3 Å². The maximum Gasteiger partial charge on any atom is 0.303 e. The van der Waals surface area contributed by atoms with E-state index >= 15 is 0 Å². The van der Waals surface area contributed by atoms with Crippen molar-refractivity contribution in [2.24, 2.45) is 0 Å². The Balaban J connectivity index is 0.000000218. The number of unbranched alkanes of at least 4 members (excludes halogenated alkanes) is 1. The Morgan fingerprint density at radius 3 is 2.73 bits per heavy atom. The normalized spacial score (nSPS) is 16.2. The molecule has 1 aliphatic rings. The van der Waals surface area contributed by atoms with Crippen LogP contribution in [0.3, 0.4) is 0 Å². The van der Waals surface area contributed by atoms with Crippen molar-refractivity contribution in [3.63, 3.8) is 0 Å². The summed E-state index contributed by atoms with van der Waals surface area (Å²) in [4.78, 5) is 11.5. The zero-order valence-corrected chi connectivity index (χ0v) is 21.6. The molecule has 0 aliphatic carbocycles. The third kappa shape index (κ3) is 8.89. The van der Waals surface area contributed by atoms with E-state index in [-0.39, 0.29) is 6.10 Å². The highest BCUT2D eigenvalue weighted by Gasteiger charge is 2.17.